The van der Waals surface area contributed by atoms with Crippen molar-refractivity contribution in [2.24, 2.45) is 0 Å². The summed E-state index contributed by atoms with van der Waals surface area (Å²) in [7, 11) is 0. The molecule has 1 aromatic carbocycles. The van der Waals surface area contributed by atoms with Crippen LogP contribution in [0.25, 0.3) is 11.0 Å². The third-order valence-corrected chi connectivity index (χ3v) is 4.97. The third-order valence-electron chi connectivity index (χ3n) is 4.97. The largest absolute Gasteiger partial charge is 0.340 e. The van der Waals surface area contributed by atoms with Gasteiger partial charge in [0.05, 0.1) is 17.5 Å². The Morgan fingerprint density at radius 1 is 1.21 bits per heavy atom. The summed E-state index contributed by atoms with van der Waals surface area (Å²) in [5.74, 6) is 1.25. The molecule has 0 spiro atoms. The van der Waals surface area contributed by atoms with Crippen LogP contribution in [0, 0.1) is 6.92 Å². The number of piperazine rings is 1. The first kappa shape index (κ1) is 17.0. The van der Waals surface area contributed by atoms with Gasteiger partial charge in [0.2, 0.25) is 5.91 Å². The van der Waals surface area contributed by atoms with Crippen molar-refractivity contribution in [1.82, 2.24) is 19.4 Å². The molecule has 0 atom stereocenters. The van der Waals surface area contributed by atoms with Crippen molar-refractivity contribution in [1.29, 1.82) is 0 Å². The smallest absolute Gasteiger partial charge is 0.227 e. The van der Waals surface area contributed by atoms with Gasteiger partial charge in [0.15, 0.2) is 0 Å². The number of fused-ring (bicyclic) bond motifs is 1. The molecule has 24 heavy (non-hydrogen) atoms. The first-order valence-electron chi connectivity index (χ1n) is 8.97. The molecule has 5 nitrogen and oxygen atoms in total. The fourth-order valence-electron chi connectivity index (χ4n) is 3.63. The second-order valence-corrected chi connectivity index (χ2v) is 6.94. The van der Waals surface area contributed by atoms with Gasteiger partial charge in [-0.25, -0.2) is 4.98 Å². The van der Waals surface area contributed by atoms with Crippen molar-refractivity contribution in [2.45, 2.75) is 40.2 Å². The Morgan fingerprint density at radius 3 is 2.54 bits per heavy atom. The first-order valence-corrected chi connectivity index (χ1v) is 8.97. The molecule has 1 fully saturated rings. The molecule has 0 radical (unpaired) electrons. The van der Waals surface area contributed by atoms with Crippen molar-refractivity contribution < 1.29 is 4.79 Å². The lowest BCUT2D eigenvalue weighted by Gasteiger charge is -2.34. The van der Waals surface area contributed by atoms with E-state index in [1.807, 2.05) is 11.8 Å². The minimum absolute atomic E-state index is 0.227. The Morgan fingerprint density at radius 2 is 1.92 bits per heavy atom. The maximum Gasteiger partial charge on any atom is 0.227 e. The average molecular weight is 328 g/mol. The molecule has 1 saturated heterocycles. The van der Waals surface area contributed by atoms with Crippen LogP contribution in [0.2, 0.25) is 0 Å². The molecule has 1 aliphatic heterocycles. The summed E-state index contributed by atoms with van der Waals surface area (Å²) in [6.45, 7) is 13.3. The Kier molecular flexibility index (Phi) is 4.90. The van der Waals surface area contributed by atoms with Crippen molar-refractivity contribution >= 4 is 16.9 Å². The average Bonchev–Trinajstić information content (AvgIpc) is 2.90. The third kappa shape index (κ3) is 3.31. The normalized spacial score (nSPS) is 16.3. The second-order valence-electron chi connectivity index (χ2n) is 6.94. The van der Waals surface area contributed by atoms with Crippen LogP contribution in [-0.4, -0.2) is 58.0 Å². The zero-order chi connectivity index (χ0) is 17.3. The fraction of sp³-hybridized carbons (Fsp3) is 0.579. The Labute approximate surface area is 144 Å². The van der Waals surface area contributed by atoms with Gasteiger partial charge in [-0.3, -0.25) is 4.79 Å². The lowest BCUT2D eigenvalue weighted by Crippen LogP contribution is -2.48. The molecule has 0 unspecified atom stereocenters. The van der Waals surface area contributed by atoms with Gasteiger partial charge in [-0.1, -0.05) is 13.0 Å². The number of benzene rings is 1. The molecule has 2 aromatic rings. The SMILES string of the molecule is CCN1CCN(C(=O)Cc2ccc3c(c2)nc(C)n3C(C)C)CC1. The van der Waals surface area contributed by atoms with Crippen LogP contribution < -0.4 is 0 Å². The van der Waals surface area contributed by atoms with Crippen LogP contribution in [0.1, 0.15) is 38.2 Å². The molecule has 5 heteroatoms. The van der Waals surface area contributed by atoms with Crippen molar-refractivity contribution in [3.63, 3.8) is 0 Å². The zero-order valence-corrected chi connectivity index (χ0v) is 15.2. The molecular formula is C19H28N4O. The monoisotopic (exact) mass is 328 g/mol. The summed E-state index contributed by atoms with van der Waals surface area (Å²) in [5.41, 5.74) is 3.19. The lowest BCUT2D eigenvalue weighted by atomic mass is 10.1. The van der Waals surface area contributed by atoms with E-state index in [0.717, 1.165) is 55.1 Å². The van der Waals surface area contributed by atoms with Crippen LogP contribution in [0.4, 0.5) is 0 Å². The number of nitrogens with zero attached hydrogens (tertiary/aromatic N) is 4. The molecule has 1 aromatic heterocycles. The summed E-state index contributed by atoms with van der Waals surface area (Å²) >= 11 is 0. The first-order chi connectivity index (χ1) is 11.5. The van der Waals surface area contributed by atoms with E-state index in [9.17, 15) is 4.79 Å². The van der Waals surface area contributed by atoms with E-state index in [4.69, 9.17) is 0 Å². The molecular weight excluding hydrogens is 300 g/mol. The minimum atomic E-state index is 0.227. The number of hydrogen-bond donors (Lipinski definition) is 0. The van der Waals surface area contributed by atoms with E-state index in [-0.39, 0.29) is 5.91 Å². The van der Waals surface area contributed by atoms with Gasteiger partial charge >= 0.3 is 0 Å². The predicted octanol–water partition coefficient (Wildman–Crippen LogP) is 2.63. The molecule has 0 N–H and O–H groups in total. The molecule has 2 heterocycles. The van der Waals surface area contributed by atoms with Crippen molar-refractivity contribution in [2.75, 3.05) is 32.7 Å². The van der Waals surface area contributed by atoms with E-state index < -0.39 is 0 Å². The number of imidazole rings is 1. The van der Waals surface area contributed by atoms with Gasteiger partial charge in [0, 0.05) is 32.2 Å². The van der Waals surface area contributed by atoms with Crippen LogP contribution in [-0.2, 0) is 11.2 Å². The van der Waals surface area contributed by atoms with E-state index in [2.05, 4.69) is 53.4 Å². The standard InChI is InChI=1S/C19H28N4O/c1-5-21-8-10-22(11-9-21)19(24)13-16-6-7-18-17(12-16)20-15(4)23(18)14(2)3/h6-7,12,14H,5,8-11,13H2,1-4H3. The van der Waals surface area contributed by atoms with Crippen LogP contribution in [0.3, 0.4) is 0 Å². The summed E-state index contributed by atoms with van der Waals surface area (Å²) < 4.78 is 2.24. The number of aromatic nitrogens is 2. The molecule has 130 valence electrons. The molecule has 3 rings (SSSR count). The number of hydrogen-bond acceptors (Lipinski definition) is 3. The van der Waals surface area contributed by atoms with Crippen molar-refractivity contribution in [3.8, 4) is 0 Å². The topological polar surface area (TPSA) is 41.4 Å². The summed E-state index contributed by atoms with van der Waals surface area (Å²) in [6, 6.07) is 6.63. The second kappa shape index (κ2) is 6.93. The van der Waals surface area contributed by atoms with Gasteiger partial charge in [0.25, 0.3) is 0 Å². The van der Waals surface area contributed by atoms with Gasteiger partial charge in [-0.05, 0) is 45.0 Å². The number of rotatable bonds is 4. The maximum absolute atomic E-state index is 12.6. The Bertz CT molecular complexity index is 726. The van der Waals surface area contributed by atoms with E-state index >= 15 is 0 Å². The van der Waals surface area contributed by atoms with E-state index in [0.29, 0.717) is 12.5 Å². The molecule has 0 saturated carbocycles. The summed E-state index contributed by atoms with van der Waals surface area (Å²) in [5, 5.41) is 0. The summed E-state index contributed by atoms with van der Waals surface area (Å²) in [6.07, 6.45) is 0.468. The summed E-state index contributed by atoms with van der Waals surface area (Å²) in [4.78, 5) is 21.6. The molecule has 1 amide bonds. The maximum atomic E-state index is 12.6. The number of amides is 1. The van der Waals surface area contributed by atoms with Gasteiger partial charge in [0.1, 0.15) is 5.82 Å². The van der Waals surface area contributed by atoms with E-state index in [1.165, 1.54) is 0 Å². The Hall–Kier alpha value is -1.88. The quantitative estimate of drug-likeness (QED) is 0.866. The fourth-order valence-corrected chi connectivity index (χ4v) is 3.63. The van der Waals surface area contributed by atoms with Gasteiger partial charge in [-0.15, -0.1) is 0 Å². The highest BCUT2D eigenvalue weighted by Gasteiger charge is 2.20. The van der Waals surface area contributed by atoms with Crippen LogP contribution in [0.15, 0.2) is 18.2 Å². The highest BCUT2D eigenvalue weighted by atomic mass is 16.2. The minimum Gasteiger partial charge on any atom is -0.340 e. The number of aryl methyl sites for hydroxylation is 1. The highest BCUT2D eigenvalue weighted by Crippen LogP contribution is 2.22. The Balaban J connectivity index is 1.73. The van der Waals surface area contributed by atoms with Gasteiger partial charge < -0.3 is 14.4 Å². The van der Waals surface area contributed by atoms with Crippen LogP contribution >= 0.6 is 0 Å². The van der Waals surface area contributed by atoms with Crippen LogP contribution in [0.5, 0.6) is 0 Å². The molecule has 0 aliphatic carbocycles. The number of carbonyl (C=O) groups excluding carboxylic acids is 1. The highest BCUT2D eigenvalue weighted by molar-refractivity contribution is 5.82. The van der Waals surface area contributed by atoms with Crippen molar-refractivity contribution in [3.05, 3.63) is 29.6 Å². The zero-order valence-electron chi connectivity index (χ0n) is 15.2. The lowest BCUT2D eigenvalue weighted by molar-refractivity contribution is -0.132. The molecule has 0 bridgehead atoms. The van der Waals surface area contributed by atoms with Gasteiger partial charge in [-0.2, -0.15) is 0 Å². The number of carbonyl (C=O) groups is 1. The predicted molar refractivity (Wildman–Crippen MR) is 97.3 cm³/mol. The number of likely N-dealkylation sites (N-methyl/N-ethyl adjacent to an activating group) is 1. The van der Waals surface area contributed by atoms with E-state index in [1.54, 1.807) is 0 Å². The molecule has 1 aliphatic rings.